The van der Waals surface area contributed by atoms with Gasteiger partial charge in [-0.3, -0.25) is 4.79 Å². The predicted molar refractivity (Wildman–Crippen MR) is 89.4 cm³/mol. The Bertz CT molecular complexity index is 637. The van der Waals surface area contributed by atoms with E-state index in [2.05, 4.69) is 38.0 Å². The second kappa shape index (κ2) is 6.84. The molecule has 0 atom stereocenters. The Morgan fingerprint density at radius 2 is 2.38 bits per heavy atom. The highest BCUT2D eigenvalue weighted by Gasteiger charge is 2.15. The number of hydrogen-bond acceptors (Lipinski definition) is 3. The zero-order valence-electron chi connectivity index (χ0n) is 12.2. The van der Waals surface area contributed by atoms with Crippen LogP contribution >= 0.6 is 15.9 Å². The van der Waals surface area contributed by atoms with Crippen LogP contribution in [0.2, 0.25) is 6.82 Å². The lowest BCUT2D eigenvalue weighted by atomic mass is 9.78. The first-order valence-corrected chi connectivity index (χ1v) is 7.74. The van der Waals surface area contributed by atoms with Gasteiger partial charge in [0.2, 0.25) is 0 Å². The van der Waals surface area contributed by atoms with Gasteiger partial charge in [0.15, 0.2) is 13.2 Å². The number of nitrogens with one attached hydrogen (secondary N) is 2. The summed E-state index contributed by atoms with van der Waals surface area (Å²) in [4.78, 5) is 19.1. The minimum absolute atomic E-state index is 0.0561. The first kappa shape index (κ1) is 15.7. The van der Waals surface area contributed by atoms with Gasteiger partial charge in [0.25, 0.3) is 5.91 Å². The van der Waals surface area contributed by atoms with Gasteiger partial charge in [0.1, 0.15) is 5.69 Å². The molecule has 0 spiro atoms. The molecule has 0 saturated carbocycles. The van der Waals surface area contributed by atoms with Gasteiger partial charge in [0, 0.05) is 24.3 Å². The van der Waals surface area contributed by atoms with Crippen molar-refractivity contribution in [2.75, 3.05) is 12.3 Å². The van der Waals surface area contributed by atoms with Gasteiger partial charge in [-0.15, -0.1) is 0 Å². The van der Waals surface area contributed by atoms with Crippen LogP contribution in [-0.2, 0) is 13.5 Å². The van der Waals surface area contributed by atoms with Crippen LogP contribution < -0.4 is 16.6 Å². The van der Waals surface area contributed by atoms with Crippen molar-refractivity contribution in [1.29, 1.82) is 0 Å². The molecule has 0 fully saturated rings. The molecule has 2 heterocycles. The van der Waals surface area contributed by atoms with Crippen molar-refractivity contribution in [2.45, 2.75) is 19.7 Å². The van der Waals surface area contributed by atoms with E-state index in [0.717, 1.165) is 35.9 Å². The minimum Gasteiger partial charge on any atom is -0.369 e. The van der Waals surface area contributed by atoms with Gasteiger partial charge in [-0.25, -0.2) is 4.98 Å². The molecule has 6 nitrogen and oxygen atoms in total. The molecule has 4 N–H and O–H groups in total. The second-order valence-corrected chi connectivity index (χ2v) is 5.73. The van der Waals surface area contributed by atoms with Crippen LogP contribution in [0.25, 0.3) is 0 Å². The topological polar surface area (TPSA) is 88.7 Å². The smallest absolute Gasteiger partial charge is 0.267 e. The molecule has 8 heteroatoms. The van der Waals surface area contributed by atoms with E-state index in [4.69, 9.17) is 5.73 Å². The number of aromatic amines is 1. The van der Waals surface area contributed by atoms with Crippen molar-refractivity contribution in [2.24, 2.45) is 7.05 Å². The number of aryl methyl sites for hydroxylation is 1. The quantitative estimate of drug-likeness (QED) is 0.525. The standard InChI is InChI=1S/C13H19BBrN5O/c1-14-11-9(15)6-10(20(11)2)12(21)17-5-3-4-8-7-18-13(16)19-8/h6-7,14H,3-5H2,1-2H3,(H,17,21)(H3,16,18,19). The summed E-state index contributed by atoms with van der Waals surface area (Å²) in [6, 6.07) is 1.86. The Morgan fingerprint density at radius 1 is 1.62 bits per heavy atom. The number of nitrogens with two attached hydrogens (primary N) is 1. The molecule has 112 valence electrons. The average Bonchev–Trinajstić information content (AvgIpc) is 2.98. The molecule has 0 aliphatic carbocycles. The molecule has 2 rings (SSSR count). The summed E-state index contributed by atoms with van der Waals surface area (Å²) in [5, 5.41) is 2.93. The maximum absolute atomic E-state index is 12.2. The molecular weight excluding hydrogens is 333 g/mol. The van der Waals surface area contributed by atoms with Crippen molar-refractivity contribution < 1.29 is 4.79 Å². The van der Waals surface area contributed by atoms with Crippen LogP contribution in [0.3, 0.4) is 0 Å². The van der Waals surface area contributed by atoms with Crippen molar-refractivity contribution in [3.05, 3.63) is 28.1 Å². The summed E-state index contributed by atoms with van der Waals surface area (Å²) in [7, 11) is 2.79. The molecule has 0 unspecified atom stereocenters. The van der Waals surface area contributed by atoms with E-state index in [1.165, 1.54) is 0 Å². The van der Waals surface area contributed by atoms with Crippen molar-refractivity contribution in [3.63, 3.8) is 0 Å². The first-order valence-electron chi connectivity index (χ1n) is 6.95. The number of nitrogens with zero attached hydrogens (tertiary/aromatic N) is 2. The summed E-state index contributed by atoms with van der Waals surface area (Å²) in [6.45, 7) is 2.67. The van der Waals surface area contributed by atoms with Gasteiger partial charge >= 0.3 is 0 Å². The molecule has 21 heavy (non-hydrogen) atoms. The first-order chi connectivity index (χ1) is 10.0. The number of imidazole rings is 1. The highest BCUT2D eigenvalue weighted by atomic mass is 79.9. The van der Waals surface area contributed by atoms with E-state index in [1.54, 1.807) is 6.20 Å². The SMILES string of the molecule is CBc1c(Br)cc(C(=O)NCCCc2c[nH]c(N)n2)n1C. The number of H-pyrrole nitrogens is 1. The molecule has 2 aromatic rings. The van der Waals surface area contributed by atoms with Crippen molar-refractivity contribution in [1.82, 2.24) is 19.9 Å². The lowest BCUT2D eigenvalue weighted by Crippen LogP contribution is -2.30. The Kier molecular flexibility index (Phi) is 5.11. The molecule has 0 saturated heterocycles. The van der Waals surface area contributed by atoms with Gasteiger partial charge in [-0.1, -0.05) is 6.82 Å². The van der Waals surface area contributed by atoms with Gasteiger partial charge in [-0.05, 0) is 40.4 Å². The number of amides is 1. The maximum Gasteiger partial charge on any atom is 0.267 e. The Balaban J connectivity index is 1.85. The third-order valence-electron chi connectivity index (χ3n) is 3.42. The van der Waals surface area contributed by atoms with E-state index in [1.807, 2.05) is 17.7 Å². The predicted octanol–water partition coefficient (Wildman–Crippen LogP) is 0.565. The molecule has 1 amide bonds. The van der Waals surface area contributed by atoms with E-state index in [-0.39, 0.29) is 5.91 Å². The van der Waals surface area contributed by atoms with E-state index >= 15 is 0 Å². The summed E-state index contributed by atoms with van der Waals surface area (Å²) < 4.78 is 2.90. The van der Waals surface area contributed by atoms with Gasteiger partial charge in [-0.2, -0.15) is 0 Å². The highest BCUT2D eigenvalue weighted by molar-refractivity contribution is 9.10. The summed E-state index contributed by atoms with van der Waals surface area (Å²) in [5.74, 6) is 0.370. The molecule has 0 aliphatic rings. The number of carbonyl (C=O) groups excluding carboxylic acids is 1. The average molecular weight is 352 g/mol. The Morgan fingerprint density at radius 3 is 2.95 bits per heavy atom. The number of aromatic nitrogens is 3. The van der Waals surface area contributed by atoms with Crippen molar-refractivity contribution in [3.8, 4) is 0 Å². The largest absolute Gasteiger partial charge is 0.369 e. The lowest BCUT2D eigenvalue weighted by molar-refractivity contribution is 0.0945. The number of anilines is 1. The Labute approximate surface area is 132 Å². The monoisotopic (exact) mass is 351 g/mol. The fourth-order valence-electron chi connectivity index (χ4n) is 2.30. The lowest BCUT2D eigenvalue weighted by Gasteiger charge is -2.07. The third kappa shape index (κ3) is 3.69. The molecular formula is C13H19BBrN5O. The van der Waals surface area contributed by atoms with Crippen LogP contribution in [0.1, 0.15) is 22.6 Å². The van der Waals surface area contributed by atoms with Crippen LogP contribution in [0.15, 0.2) is 16.7 Å². The van der Waals surface area contributed by atoms with Crippen molar-refractivity contribution >= 4 is 40.7 Å². The fraction of sp³-hybridized carbons (Fsp3) is 0.385. The third-order valence-corrected chi connectivity index (χ3v) is 4.11. The number of nitrogen functional groups attached to an aromatic ring is 1. The highest BCUT2D eigenvalue weighted by Crippen LogP contribution is 2.11. The van der Waals surface area contributed by atoms with E-state index in [9.17, 15) is 4.79 Å². The van der Waals surface area contributed by atoms with Crippen LogP contribution in [0.5, 0.6) is 0 Å². The van der Waals surface area contributed by atoms with Crippen LogP contribution in [-0.4, -0.2) is 34.3 Å². The summed E-state index contributed by atoms with van der Waals surface area (Å²) >= 11 is 3.49. The van der Waals surface area contributed by atoms with Gasteiger partial charge < -0.3 is 20.6 Å². The second-order valence-electron chi connectivity index (χ2n) is 4.87. The van der Waals surface area contributed by atoms with E-state index < -0.39 is 0 Å². The molecule has 0 radical (unpaired) electrons. The maximum atomic E-state index is 12.2. The van der Waals surface area contributed by atoms with Crippen LogP contribution in [0, 0.1) is 0 Å². The van der Waals surface area contributed by atoms with E-state index in [0.29, 0.717) is 18.2 Å². The zero-order chi connectivity index (χ0) is 15.4. The summed E-state index contributed by atoms with van der Waals surface area (Å²) in [5.41, 5.74) is 8.21. The number of rotatable bonds is 6. The Hall–Kier alpha value is -1.70. The molecule has 0 bridgehead atoms. The normalized spacial score (nSPS) is 10.6. The minimum atomic E-state index is -0.0561. The number of halogens is 1. The summed E-state index contributed by atoms with van der Waals surface area (Å²) in [6.07, 6.45) is 3.40. The van der Waals surface area contributed by atoms with Gasteiger partial charge in [0.05, 0.1) is 5.69 Å². The molecule has 0 aromatic carbocycles. The number of carbonyl (C=O) groups is 1. The number of hydrogen-bond donors (Lipinski definition) is 3. The molecule has 2 aromatic heterocycles. The fourth-order valence-corrected chi connectivity index (χ4v) is 3.06. The zero-order valence-corrected chi connectivity index (χ0v) is 13.8. The van der Waals surface area contributed by atoms with Crippen LogP contribution in [0.4, 0.5) is 5.95 Å². The molecule has 0 aliphatic heterocycles.